The molecule has 1 aliphatic heterocycles. The quantitative estimate of drug-likeness (QED) is 0.279. The van der Waals surface area contributed by atoms with Gasteiger partial charge in [-0.3, -0.25) is 19.8 Å². The fourth-order valence-electron chi connectivity index (χ4n) is 3.12. The molecule has 1 atom stereocenters. The number of thiocarbonyl (C=S) groups is 1. The SMILES string of the molecule is COc1ccc(-c2ccc(/C=C3/SC(=S)N([C@@H](C(=O)O)C(C)C)C3=O)o2)c([N+](=O)[O-])c1. The molecule has 3 rings (SSSR count). The van der Waals surface area contributed by atoms with Gasteiger partial charge < -0.3 is 14.3 Å². The van der Waals surface area contributed by atoms with Gasteiger partial charge in [-0.1, -0.05) is 37.8 Å². The first-order valence-electron chi connectivity index (χ1n) is 9.06. The van der Waals surface area contributed by atoms with E-state index < -0.39 is 22.8 Å². The van der Waals surface area contributed by atoms with Gasteiger partial charge in [-0.15, -0.1) is 0 Å². The van der Waals surface area contributed by atoms with Gasteiger partial charge in [-0.25, -0.2) is 4.79 Å². The second-order valence-electron chi connectivity index (χ2n) is 6.92. The third-order valence-electron chi connectivity index (χ3n) is 4.55. The summed E-state index contributed by atoms with van der Waals surface area (Å²) in [6.07, 6.45) is 1.44. The standard InChI is InChI=1S/C20H18N2O7S2/c1-10(2)17(19(24)25)21-18(23)16(31-20(21)30)9-12-5-7-15(29-12)13-6-4-11(28-3)8-14(13)22(26)27/h4-10,17H,1-3H3,(H,24,25)/b16-9+/t17-/m1/s1. The van der Waals surface area contributed by atoms with Gasteiger partial charge in [0.25, 0.3) is 11.6 Å². The minimum Gasteiger partial charge on any atom is -0.497 e. The number of benzene rings is 1. The van der Waals surface area contributed by atoms with Gasteiger partial charge in [-0.05, 0) is 30.2 Å². The van der Waals surface area contributed by atoms with E-state index in [1.165, 1.54) is 25.3 Å². The van der Waals surface area contributed by atoms with Crippen molar-refractivity contribution in [1.82, 2.24) is 4.90 Å². The number of hydrogen-bond acceptors (Lipinski definition) is 8. The van der Waals surface area contributed by atoms with E-state index in [1.807, 2.05) is 0 Å². The Kier molecular flexibility index (Phi) is 6.46. The third-order valence-corrected chi connectivity index (χ3v) is 5.88. The second kappa shape index (κ2) is 8.90. The number of rotatable bonds is 7. The molecule has 0 saturated carbocycles. The van der Waals surface area contributed by atoms with Crippen molar-refractivity contribution in [2.45, 2.75) is 19.9 Å². The van der Waals surface area contributed by atoms with Crippen LogP contribution in [0.1, 0.15) is 19.6 Å². The number of thioether (sulfide) groups is 1. The number of nitro groups is 1. The molecule has 1 aromatic carbocycles. The summed E-state index contributed by atoms with van der Waals surface area (Å²) in [5.41, 5.74) is 0.0663. The van der Waals surface area contributed by atoms with E-state index in [9.17, 15) is 24.8 Å². The average molecular weight is 463 g/mol. The Bertz CT molecular complexity index is 1110. The van der Waals surface area contributed by atoms with E-state index in [-0.39, 0.29) is 37.9 Å². The zero-order valence-corrected chi connectivity index (χ0v) is 18.4. The number of methoxy groups -OCH3 is 1. The van der Waals surface area contributed by atoms with Crippen molar-refractivity contribution in [3.8, 4) is 17.1 Å². The van der Waals surface area contributed by atoms with E-state index >= 15 is 0 Å². The third kappa shape index (κ3) is 4.47. The minimum atomic E-state index is -1.14. The summed E-state index contributed by atoms with van der Waals surface area (Å²) in [7, 11) is 1.41. The van der Waals surface area contributed by atoms with Crippen molar-refractivity contribution < 1.29 is 28.8 Å². The van der Waals surface area contributed by atoms with Gasteiger partial charge in [0.05, 0.1) is 28.6 Å². The zero-order chi connectivity index (χ0) is 22.9. The first kappa shape index (κ1) is 22.5. The van der Waals surface area contributed by atoms with Crippen LogP contribution in [-0.2, 0) is 9.59 Å². The summed E-state index contributed by atoms with van der Waals surface area (Å²) in [5.74, 6) is -1.16. The summed E-state index contributed by atoms with van der Waals surface area (Å²) < 4.78 is 10.9. The molecule has 1 aliphatic rings. The zero-order valence-electron chi connectivity index (χ0n) is 16.7. The Balaban J connectivity index is 1.93. The predicted octanol–water partition coefficient (Wildman–Crippen LogP) is 4.17. The highest BCUT2D eigenvalue weighted by Gasteiger charge is 2.42. The van der Waals surface area contributed by atoms with Gasteiger partial charge in [0.1, 0.15) is 27.6 Å². The topological polar surface area (TPSA) is 123 Å². The number of carboxylic acids is 1. The van der Waals surface area contributed by atoms with Gasteiger partial charge in [0, 0.05) is 6.08 Å². The van der Waals surface area contributed by atoms with Gasteiger partial charge in [0.15, 0.2) is 0 Å². The van der Waals surface area contributed by atoms with Crippen molar-refractivity contribution in [1.29, 1.82) is 0 Å². The molecule has 162 valence electrons. The van der Waals surface area contributed by atoms with Gasteiger partial charge in [0.2, 0.25) is 0 Å². The Hall–Kier alpha value is -3.18. The van der Waals surface area contributed by atoms with Crippen molar-refractivity contribution >= 4 is 51.9 Å². The highest BCUT2D eigenvalue weighted by molar-refractivity contribution is 8.26. The van der Waals surface area contributed by atoms with Crippen LogP contribution in [0, 0.1) is 16.0 Å². The van der Waals surface area contributed by atoms with Crippen LogP contribution >= 0.6 is 24.0 Å². The molecule has 1 fully saturated rings. The summed E-state index contributed by atoms with van der Waals surface area (Å²) in [5, 5.41) is 20.9. The van der Waals surface area contributed by atoms with E-state index in [0.717, 1.165) is 16.7 Å². The highest BCUT2D eigenvalue weighted by Crippen LogP contribution is 2.38. The first-order valence-corrected chi connectivity index (χ1v) is 10.3. The molecule has 0 radical (unpaired) electrons. The molecule has 1 N–H and O–H groups in total. The fraction of sp³-hybridized carbons (Fsp3) is 0.250. The fourth-order valence-corrected chi connectivity index (χ4v) is 4.43. The monoisotopic (exact) mass is 462 g/mol. The smallest absolute Gasteiger partial charge is 0.327 e. The normalized spacial score (nSPS) is 16.3. The van der Waals surface area contributed by atoms with Crippen LogP contribution in [0.5, 0.6) is 5.75 Å². The molecule has 2 aromatic rings. The number of hydrogen-bond donors (Lipinski definition) is 1. The number of carbonyl (C=O) groups is 2. The summed E-state index contributed by atoms with van der Waals surface area (Å²) in [4.78, 5) is 36.6. The summed E-state index contributed by atoms with van der Waals surface area (Å²) in [6.45, 7) is 3.39. The van der Waals surface area contributed by atoms with Crippen molar-refractivity contribution in [2.24, 2.45) is 5.92 Å². The summed E-state index contributed by atoms with van der Waals surface area (Å²) >= 11 is 6.20. The van der Waals surface area contributed by atoms with Crippen LogP contribution in [0.4, 0.5) is 5.69 Å². The van der Waals surface area contributed by atoms with E-state index in [1.54, 1.807) is 32.0 Å². The predicted molar refractivity (Wildman–Crippen MR) is 119 cm³/mol. The number of ether oxygens (including phenoxy) is 1. The largest absolute Gasteiger partial charge is 0.497 e. The molecule has 11 heteroatoms. The molecule has 2 heterocycles. The number of carboxylic acid groups (broad SMARTS) is 1. The molecule has 31 heavy (non-hydrogen) atoms. The molecule has 1 aromatic heterocycles. The number of nitro benzene ring substituents is 1. The molecular weight excluding hydrogens is 444 g/mol. The average Bonchev–Trinajstić information content (AvgIpc) is 3.27. The van der Waals surface area contributed by atoms with Gasteiger partial charge in [-0.2, -0.15) is 0 Å². The number of furan rings is 1. The second-order valence-corrected chi connectivity index (χ2v) is 8.60. The Labute approximate surface area is 186 Å². The Morgan fingerprint density at radius 3 is 2.65 bits per heavy atom. The van der Waals surface area contributed by atoms with Crippen LogP contribution in [0.3, 0.4) is 0 Å². The first-order chi connectivity index (χ1) is 14.6. The van der Waals surface area contributed by atoms with Crippen molar-refractivity contribution in [3.63, 3.8) is 0 Å². The Morgan fingerprint density at radius 1 is 1.35 bits per heavy atom. The number of amides is 1. The highest BCUT2D eigenvalue weighted by atomic mass is 32.2. The molecule has 0 aliphatic carbocycles. The lowest BCUT2D eigenvalue weighted by Gasteiger charge is -2.26. The molecular formula is C20H18N2O7S2. The lowest BCUT2D eigenvalue weighted by molar-refractivity contribution is -0.384. The van der Waals surface area contributed by atoms with Crippen LogP contribution in [0.25, 0.3) is 17.4 Å². The molecule has 1 amide bonds. The Morgan fingerprint density at radius 2 is 2.06 bits per heavy atom. The maximum absolute atomic E-state index is 12.8. The maximum atomic E-state index is 12.8. The molecule has 1 saturated heterocycles. The van der Waals surface area contributed by atoms with Crippen LogP contribution in [0.2, 0.25) is 0 Å². The minimum absolute atomic E-state index is 0.148. The van der Waals surface area contributed by atoms with E-state index in [0.29, 0.717) is 5.75 Å². The molecule has 0 spiro atoms. The van der Waals surface area contributed by atoms with E-state index in [4.69, 9.17) is 21.4 Å². The lowest BCUT2D eigenvalue weighted by Crippen LogP contribution is -2.47. The van der Waals surface area contributed by atoms with Crippen molar-refractivity contribution in [3.05, 3.63) is 51.1 Å². The van der Waals surface area contributed by atoms with Crippen LogP contribution in [0.15, 0.2) is 39.7 Å². The molecule has 0 bridgehead atoms. The number of carbonyl (C=O) groups excluding carboxylic acids is 1. The maximum Gasteiger partial charge on any atom is 0.327 e. The summed E-state index contributed by atoms with van der Waals surface area (Å²) in [6, 6.07) is 6.42. The van der Waals surface area contributed by atoms with Gasteiger partial charge >= 0.3 is 5.97 Å². The van der Waals surface area contributed by atoms with Crippen LogP contribution in [-0.4, -0.2) is 44.3 Å². The van der Waals surface area contributed by atoms with E-state index in [2.05, 4.69) is 0 Å². The lowest BCUT2D eigenvalue weighted by atomic mass is 10.0. The van der Waals surface area contributed by atoms with Crippen molar-refractivity contribution in [2.75, 3.05) is 7.11 Å². The number of aliphatic carboxylic acids is 1. The molecule has 9 nitrogen and oxygen atoms in total. The molecule has 0 unspecified atom stereocenters. The van der Waals surface area contributed by atoms with Crippen LogP contribution < -0.4 is 4.74 Å². The number of nitrogens with zero attached hydrogens (tertiary/aromatic N) is 2.